The van der Waals surface area contributed by atoms with Gasteiger partial charge in [0, 0.05) is 55.0 Å². The maximum atomic E-state index is 17.0. The van der Waals surface area contributed by atoms with Crippen LogP contribution in [0, 0.1) is 35.3 Å². The number of likely N-dealkylation sites (tertiary alicyclic amines) is 1. The molecule has 3 aliphatic heterocycles. The summed E-state index contributed by atoms with van der Waals surface area (Å²) in [6, 6.07) is 5.60. The highest BCUT2D eigenvalue weighted by atomic mass is 19.4. The molecule has 0 radical (unpaired) electrons. The van der Waals surface area contributed by atoms with E-state index in [1.54, 1.807) is 0 Å². The molecular formula is C37H37F5N6O2. The molecule has 2 saturated heterocycles. The van der Waals surface area contributed by atoms with E-state index in [-0.39, 0.29) is 56.9 Å². The quantitative estimate of drug-likeness (QED) is 0.171. The Balaban J connectivity index is 1.16. The molecule has 50 heavy (non-hydrogen) atoms. The van der Waals surface area contributed by atoms with E-state index >= 15 is 4.39 Å². The van der Waals surface area contributed by atoms with Crippen molar-refractivity contribution in [2.75, 3.05) is 50.8 Å². The number of aromatic nitrogens is 3. The first-order valence-electron chi connectivity index (χ1n) is 17.2. The van der Waals surface area contributed by atoms with Crippen molar-refractivity contribution >= 4 is 27.5 Å². The van der Waals surface area contributed by atoms with Gasteiger partial charge in [-0.1, -0.05) is 12.0 Å². The average molecular weight is 693 g/mol. The number of aryl methyl sites for hydroxylation is 1. The number of rotatable bonds is 7. The zero-order valence-electron chi connectivity index (χ0n) is 27.4. The van der Waals surface area contributed by atoms with E-state index in [0.717, 1.165) is 32.4 Å². The van der Waals surface area contributed by atoms with Crippen molar-refractivity contribution in [3.8, 4) is 35.4 Å². The second-order valence-corrected chi connectivity index (χ2v) is 14.4. The van der Waals surface area contributed by atoms with Crippen molar-refractivity contribution < 1.29 is 31.8 Å². The molecule has 2 N–H and O–H groups in total. The zero-order chi connectivity index (χ0) is 34.8. The van der Waals surface area contributed by atoms with Crippen molar-refractivity contribution in [3.05, 3.63) is 47.2 Å². The maximum absolute atomic E-state index is 17.0. The number of terminal acetylenes is 1. The van der Waals surface area contributed by atoms with Crippen molar-refractivity contribution in [1.82, 2.24) is 25.2 Å². The van der Waals surface area contributed by atoms with Gasteiger partial charge in [-0.2, -0.15) is 23.1 Å². The van der Waals surface area contributed by atoms with Gasteiger partial charge >= 0.3 is 12.2 Å². The summed E-state index contributed by atoms with van der Waals surface area (Å²) in [4.78, 5) is 18.7. The standard InChI is InChI=1S/C37H37F5N6O2/c1-2-25-27(38)5-3-22-15-24(49)16-26(29(22)25)32-31(39)33-30-28(44-32)6-4-23-18-43-11-14-48(23)34(30)46-35(45-33)50-20-36(9-10-36)19-47-12-7-21(8-13-47)17-37(40,41)42/h1,3,5,15-16,21,23,43,49H,4,6-14,17-20H2. The first kappa shape index (κ1) is 32.9. The van der Waals surface area contributed by atoms with Crippen LogP contribution in [0.25, 0.3) is 32.9 Å². The third-order valence-corrected chi connectivity index (χ3v) is 10.9. The van der Waals surface area contributed by atoms with Gasteiger partial charge in [0.2, 0.25) is 0 Å². The Morgan fingerprint density at radius 2 is 1.84 bits per heavy atom. The molecule has 8 nitrogen and oxygen atoms in total. The molecule has 13 heteroatoms. The number of hydrogen-bond donors (Lipinski definition) is 2. The Morgan fingerprint density at radius 1 is 1.04 bits per heavy atom. The molecule has 5 heterocycles. The Bertz CT molecular complexity index is 2020. The van der Waals surface area contributed by atoms with Crippen LogP contribution in [0.5, 0.6) is 11.8 Å². The fourth-order valence-electron chi connectivity index (χ4n) is 8.08. The van der Waals surface area contributed by atoms with E-state index in [2.05, 4.69) is 26.0 Å². The fraction of sp³-hybridized carbons (Fsp3) is 0.486. The lowest BCUT2D eigenvalue weighted by molar-refractivity contribution is -0.147. The Labute approximate surface area is 286 Å². The smallest absolute Gasteiger partial charge is 0.389 e. The number of pyridine rings is 1. The second-order valence-electron chi connectivity index (χ2n) is 14.4. The first-order chi connectivity index (χ1) is 24.0. The third-order valence-electron chi connectivity index (χ3n) is 10.9. The minimum Gasteiger partial charge on any atom is -0.508 e. The topological polar surface area (TPSA) is 86.6 Å². The molecule has 0 amide bonds. The molecule has 8 rings (SSSR count). The minimum atomic E-state index is -4.14. The summed E-state index contributed by atoms with van der Waals surface area (Å²) in [5.74, 6) is 1.05. The molecule has 1 aliphatic carbocycles. The number of piperazine rings is 1. The van der Waals surface area contributed by atoms with Gasteiger partial charge in [-0.3, -0.25) is 0 Å². The summed E-state index contributed by atoms with van der Waals surface area (Å²) in [5, 5.41) is 15.3. The summed E-state index contributed by atoms with van der Waals surface area (Å²) < 4.78 is 77.0. The van der Waals surface area contributed by atoms with Crippen LogP contribution in [0.4, 0.5) is 27.8 Å². The molecule has 1 unspecified atom stereocenters. The van der Waals surface area contributed by atoms with Crippen LogP contribution in [-0.2, 0) is 6.42 Å². The van der Waals surface area contributed by atoms with E-state index in [1.165, 1.54) is 24.3 Å². The van der Waals surface area contributed by atoms with Crippen molar-refractivity contribution in [1.29, 1.82) is 0 Å². The van der Waals surface area contributed by atoms with Gasteiger partial charge in [-0.15, -0.1) is 6.42 Å². The number of aromatic hydroxyl groups is 1. The number of halogens is 5. The SMILES string of the molecule is C#Cc1c(F)ccc2cc(O)cc(-c3nc4c5c(nc(OCC6(CN7CCC(CC(F)(F)F)CC7)CC6)nc5c3F)N3CCNCC3CC4)c12. The number of ether oxygens (including phenoxy) is 1. The second kappa shape index (κ2) is 12.5. The summed E-state index contributed by atoms with van der Waals surface area (Å²) in [5.41, 5.74) is 0.442. The molecule has 262 valence electrons. The molecule has 4 aliphatic rings. The predicted molar refractivity (Wildman–Crippen MR) is 179 cm³/mol. The lowest BCUT2D eigenvalue weighted by atomic mass is 9.92. The van der Waals surface area contributed by atoms with Crippen LogP contribution in [-0.4, -0.2) is 83.1 Å². The van der Waals surface area contributed by atoms with E-state index in [4.69, 9.17) is 21.1 Å². The van der Waals surface area contributed by atoms with Gasteiger partial charge in [0.05, 0.1) is 23.3 Å². The number of piperidine rings is 1. The lowest BCUT2D eigenvalue weighted by Crippen LogP contribution is -2.51. The number of hydrogen-bond acceptors (Lipinski definition) is 8. The van der Waals surface area contributed by atoms with Gasteiger partial charge in [-0.05, 0) is 81.1 Å². The molecule has 3 fully saturated rings. The summed E-state index contributed by atoms with van der Waals surface area (Å²) in [7, 11) is 0. The molecule has 1 saturated carbocycles. The number of fused-ring (bicyclic) bond motifs is 3. The number of phenols is 1. The number of anilines is 1. The van der Waals surface area contributed by atoms with Gasteiger partial charge in [0.25, 0.3) is 0 Å². The Hall–Kier alpha value is -4.28. The van der Waals surface area contributed by atoms with Crippen LogP contribution in [0.15, 0.2) is 24.3 Å². The normalized spacial score (nSPS) is 20.8. The van der Waals surface area contributed by atoms with E-state index in [0.29, 0.717) is 74.3 Å². The monoisotopic (exact) mass is 692 g/mol. The fourth-order valence-corrected chi connectivity index (χ4v) is 8.08. The average Bonchev–Trinajstić information content (AvgIpc) is 3.88. The summed E-state index contributed by atoms with van der Waals surface area (Å²) in [6.45, 7) is 4.31. The molecule has 2 aromatic carbocycles. The number of phenolic OH excluding ortho intramolecular Hbond substituents is 1. The van der Waals surface area contributed by atoms with Crippen molar-refractivity contribution in [2.45, 2.75) is 57.2 Å². The molecule has 4 aromatic rings. The highest BCUT2D eigenvalue weighted by Gasteiger charge is 2.46. The van der Waals surface area contributed by atoms with E-state index < -0.39 is 24.2 Å². The number of nitrogens with one attached hydrogen (secondary N) is 1. The molecule has 1 atom stereocenters. The largest absolute Gasteiger partial charge is 0.508 e. The number of benzene rings is 2. The lowest BCUT2D eigenvalue weighted by Gasteiger charge is -2.36. The number of nitrogens with zero attached hydrogens (tertiary/aromatic N) is 5. The van der Waals surface area contributed by atoms with Crippen molar-refractivity contribution in [2.24, 2.45) is 11.3 Å². The van der Waals surface area contributed by atoms with Crippen molar-refractivity contribution in [3.63, 3.8) is 0 Å². The first-order valence-corrected chi connectivity index (χ1v) is 17.2. The van der Waals surface area contributed by atoms with Gasteiger partial charge < -0.3 is 25.0 Å². The van der Waals surface area contributed by atoms with Gasteiger partial charge in [-0.25, -0.2) is 13.8 Å². The van der Waals surface area contributed by atoms with E-state index in [9.17, 15) is 22.7 Å². The Kier molecular flexibility index (Phi) is 8.22. The molecule has 0 spiro atoms. The third kappa shape index (κ3) is 6.17. The maximum Gasteiger partial charge on any atom is 0.389 e. The van der Waals surface area contributed by atoms with Crippen LogP contribution in [0.3, 0.4) is 0 Å². The summed E-state index contributed by atoms with van der Waals surface area (Å²) >= 11 is 0. The minimum absolute atomic E-state index is 0.0240. The highest BCUT2D eigenvalue weighted by Crippen LogP contribution is 2.48. The van der Waals surface area contributed by atoms with Gasteiger partial charge in [0.15, 0.2) is 5.82 Å². The van der Waals surface area contributed by atoms with Crippen LogP contribution >= 0.6 is 0 Å². The Morgan fingerprint density at radius 3 is 2.58 bits per heavy atom. The van der Waals surface area contributed by atoms with E-state index in [1.807, 2.05) is 0 Å². The van der Waals surface area contributed by atoms with Gasteiger partial charge in [0.1, 0.15) is 28.6 Å². The molecule has 2 aromatic heterocycles. The highest BCUT2D eigenvalue weighted by molar-refractivity contribution is 6.03. The molecular weight excluding hydrogens is 655 g/mol. The number of alkyl halides is 3. The summed E-state index contributed by atoms with van der Waals surface area (Å²) in [6.07, 6.45) is 4.92. The van der Waals surface area contributed by atoms with Crippen LogP contribution < -0.4 is 15.0 Å². The van der Waals surface area contributed by atoms with Crippen LogP contribution in [0.2, 0.25) is 0 Å². The molecule has 0 bridgehead atoms. The van der Waals surface area contributed by atoms with Crippen LogP contribution in [0.1, 0.15) is 49.8 Å². The predicted octanol–water partition coefficient (Wildman–Crippen LogP) is 6.36. The zero-order valence-corrected chi connectivity index (χ0v) is 27.4.